The normalized spacial score (nSPS) is 21.8. The third-order valence-electron chi connectivity index (χ3n) is 3.03. The summed E-state index contributed by atoms with van der Waals surface area (Å²) in [6.07, 6.45) is 0.546. The van der Waals surface area contributed by atoms with Gasteiger partial charge in [-0.15, -0.1) is 0 Å². The van der Waals surface area contributed by atoms with E-state index in [4.69, 9.17) is 5.11 Å². The SMILES string of the molecule is CN(CCCC(=O)O)C(=O)CC1CS(=O)(=O)CCN1. The van der Waals surface area contributed by atoms with Gasteiger partial charge < -0.3 is 15.3 Å². The molecular formula is C11H20N2O5S. The van der Waals surface area contributed by atoms with Crippen molar-refractivity contribution in [3.63, 3.8) is 0 Å². The monoisotopic (exact) mass is 292 g/mol. The summed E-state index contributed by atoms with van der Waals surface area (Å²) in [5.41, 5.74) is 0. The molecule has 8 heteroatoms. The molecule has 0 aromatic rings. The molecule has 0 aliphatic carbocycles. The average Bonchev–Trinajstić information content (AvgIpc) is 2.26. The molecule has 110 valence electrons. The molecule has 1 rings (SSSR count). The molecule has 0 bridgehead atoms. The number of nitrogens with zero attached hydrogens (tertiary/aromatic N) is 1. The minimum absolute atomic E-state index is 0.0122. The number of carboxylic acid groups (broad SMARTS) is 1. The highest BCUT2D eigenvalue weighted by Crippen LogP contribution is 2.07. The molecule has 7 nitrogen and oxygen atoms in total. The van der Waals surface area contributed by atoms with Gasteiger partial charge in [0.1, 0.15) is 0 Å². The van der Waals surface area contributed by atoms with E-state index in [1.165, 1.54) is 4.90 Å². The smallest absolute Gasteiger partial charge is 0.303 e. The third kappa shape index (κ3) is 6.02. The Hall–Kier alpha value is -1.15. The van der Waals surface area contributed by atoms with Crippen molar-refractivity contribution in [2.45, 2.75) is 25.3 Å². The van der Waals surface area contributed by atoms with Crippen LogP contribution in [0.2, 0.25) is 0 Å². The highest BCUT2D eigenvalue weighted by molar-refractivity contribution is 7.91. The average molecular weight is 292 g/mol. The number of amides is 1. The molecule has 1 unspecified atom stereocenters. The van der Waals surface area contributed by atoms with Crippen LogP contribution in [0.1, 0.15) is 19.3 Å². The number of carbonyl (C=O) groups excluding carboxylic acids is 1. The summed E-state index contributed by atoms with van der Waals surface area (Å²) in [7, 11) is -1.44. The second-order valence-corrected chi connectivity index (χ2v) is 7.01. The molecule has 0 saturated carbocycles. The topological polar surface area (TPSA) is 104 Å². The Kier molecular flexibility index (Phi) is 5.74. The number of carbonyl (C=O) groups is 2. The van der Waals surface area contributed by atoms with Gasteiger partial charge in [0.2, 0.25) is 5.91 Å². The van der Waals surface area contributed by atoms with Gasteiger partial charge in [-0.3, -0.25) is 9.59 Å². The Morgan fingerprint density at radius 2 is 2.11 bits per heavy atom. The summed E-state index contributed by atoms with van der Waals surface area (Å²) in [6, 6.07) is -0.340. The molecule has 0 aromatic heterocycles. The van der Waals surface area contributed by atoms with Crippen LogP contribution in [-0.4, -0.2) is 68.0 Å². The summed E-state index contributed by atoms with van der Waals surface area (Å²) in [5, 5.41) is 11.5. The predicted molar refractivity (Wildman–Crippen MR) is 69.6 cm³/mol. The molecule has 19 heavy (non-hydrogen) atoms. The van der Waals surface area contributed by atoms with E-state index in [2.05, 4.69) is 5.32 Å². The van der Waals surface area contributed by atoms with Crippen molar-refractivity contribution in [2.24, 2.45) is 0 Å². The van der Waals surface area contributed by atoms with Crippen LogP contribution in [0.4, 0.5) is 0 Å². The van der Waals surface area contributed by atoms with Crippen LogP contribution in [0.15, 0.2) is 0 Å². The molecule has 2 N–H and O–H groups in total. The van der Waals surface area contributed by atoms with Crippen LogP contribution in [-0.2, 0) is 19.4 Å². The Morgan fingerprint density at radius 3 is 2.68 bits per heavy atom. The molecule has 1 amide bonds. The van der Waals surface area contributed by atoms with Gasteiger partial charge in [0, 0.05) is 39.0 Å². The summed E-state index contributed by atoms with van der Waals surface area (Å²) in [6.45, 7) is 0.744. The number of sulfone groups is 1. The lowest BCUT2D eigenvalue weighted by Crippen LogP contribution is -2.47. The van der Waals surface area contributed by atoms with Crippen LogP contribution >= 0.6 is 0 Å². The summed E-state index contributed by atoms with van der Waals surface area (Å²) < 4.78 is 22.9. The lowest BCUT2D eigenvalue weighted by Gasteiger charge is -2.25. The Balaban J connectivity index is 2.35. The van der Waals surface area contributed by atoms with Gasteiger partial charge in [0.05, 0.1) is 11.5 Å². The van der Waals surface area contributed by atoms with Crippen molar-refractivity contribution >= 4 is 21.7 Å². The highest BCUT2D eigenvalue weighted by Gasteiger charge is 2.26. The van der Waals surface area contributed by atoms with Crippen molar-refractivity contribution in [1.29, 1.82) is 0 Å². The van der Waals surface area contributed by atoms with E-state index < -0.39 is 15.8 Å². The number of hydrogen-bond acceptors (Lipinski definition) is 5. The Morgan fingerprint density at radius 1 is 1.42 bits per heavy atom. The fourth-order valence-electron chi connectivity index (χ4n) is 1.96. The molecule has 1 aliphatic heterocycles. The second-order valence-electron chi connectivity index (χ2n) is 4.78. The minimum Gasteiger partial charge on any atom is -0.481 e. The van der Waals surface area contributed by atoms with E-state index in [1.807, 2.05) is 0 Å². The minimum atomic E-state index is -3.04. The number of nitrogens with one attached hydrogen (secondary N) is 1. The van der Waals surface area contributed by atoms with E-state index in [0.29, 0.717) is 19.5 Å². The van der Waals surface area contributed by atoms with Crippen molar-refractivity contribution in [2.75, 3.05) is 31.6 Å². The summed E-state index contributed by atoms with van der Waals surface area (Å²) >= 11 is 0. The second kappa shape index (κ2) is 6.85. The zero-order valence-electron chi connectivity index (χ0n) is 11.0. The molecule has 1 heterocycles. The van der Waals surface area contributed by atoms with E-state index in [-0.39, 0.29) is 36.3 Å². The first-order chi connectivity index (χ1) is 8.80. The van der Waals surface area contributed by atoms with Crippen LogP contribution in [0.25, 0.3) is 0 Å². The number of rotatable bonds is 6. The van der Waals surface area contributed by atoms with Crippen LogP contribution < -0.4 is 5.32 Å². The van der Waals surface area contributed by atoms with Gasteiger partial charge in [0.25, 0.3) is 0 Å². The Bertz CT molecular complexity index is 434. The van der Waals surface area contributed by atoms with Gasteiger partial charge in [-0.1, -0.05) is 0 Å². The van der Waals surface area contributed by atoms with Crippen molar-refractivity contribution in [3.05, 3.63) is 0 Å². The Labute approximate surface area is 112 Å². The van der Waals surface area contributed by atoms with E-state index in [0.717, 1.165) is 0 Å². The first-order valence-electron chi connectivity index (χ1n) is 6.20. The maximum atomic E-state index is 11.8. The fourth-order valence-corrected chi connectivity index (χ4v) is 3.40. The van der Waals surface area contributed by atoms with E-state index >= 15 is 0 Å². The maximum Gasteiger partial charge on any atom is 0.303 e. The number of hydrogen-bond donors (Lipinski definition) is 2. The van der Waals surface area contributed by atoms with Crippen molar-refractivity contribution in [3.8, 4) is 0 Å². The van der Waals surface area contributed by atoms with Gasteiger partial charge in [-0.25, -0.2) is 8.42 Å². The molecule has 1 fully saturated rings. The van der Waals surface area contributed by atoms with Crippen LogP contribution in [0.3, 0.4) is 0 Å². The highest BCUT2D eigenvalue weighted by atomic mass is 32.2. The number of aliphatic carboxylic acids is 1. The lowest BCUT2D eigenvalue weighted by atomic mass is 10.2. The van der Waals surface area contributed by atoms with Crippen LogP contribution in [0, 0.1) is 0 Å². The van der Waals surface area contributed by atoms with Gasteiger partial charge in [0.15, 0.2) is 9.84 Å². The molecule has 1 atom stereocenters. The van der Waals surface area contributed by atoms with Gasteiger partial charge >= 0.3 is 5.97 Å². The molecule has 1 aliphatic rings. The first kappa shape index (κ1) is 15.9. The zero-order chi connectivity index (χ0) is 14.5. The largest absolute Gasteiger partial charge is 0.481 e. The molecule has 1 saturated heterocycles. The lowest BCUT2D eigenvalue weighted by molar-refractivity contribution is -0.138. The predicted octanol–water partition coefficient (Wildman–Crippen LogP) is -0.914. The standard InChI is InChI=1S/C11H20N2O5S/c1-13(5-2-3-11(15)16)10(14)7-9-8-19(17,18)6-4-12-9/h9,12H,2-8H2,1H3,(H,15,16). The molecular weight excluding hydrogens is 272 g/mol. The molecule has 0 radical (unpaired) electrons. The third-order valence-corrected chi connectivity index (χ3v) is 4.77. The maximum absolute atomic E-state index is 11.8. The molecule has 0 spiro atoms. The number of carboxylic acids is 1. The fraction of sp³-hybridized carbons (Fsp3) is 0.818. The summed E-state index contributed by atoms with van der Waals surface area (Å²) in [4.78, 5) is 23.7. The van der Waals surface area contributed by atoms with Gasteiger partial charge in [-0.2, -0.15) is 0 Å². The zero-order valence-corrected chi connectivity index (χ0v) is 11.8. The molecule has 0 aromatic carbocycles. The first-order valence-corrected chi connectivity index (χ1v) is 8.02. The van der Waals surface area contributed by atoms with E-state index in [1.54, 1.807) is 7.05 Å². The van der Waals surface area contributed by atoms with Crippen molar-refractivity contribution < 1.29 is 23.1 Å². The summed E-state index contributed by atoms with van der Waals surface area (Å²) in [5.74, 6) is -0.950. The quantitative estimate of drug-likeness (QED) is 0.656. The van der Waals surface area contributed by atoms with Crippen molar-refractivity contribution in [1.82, 2.24) is 10.2 Å². The van der Waals surface area contributed by atoms with Gasteiger partial charge in [-0.05, 0) is 6.42 Å². The van der Waals surface area contributed by atoms with Crippen LogP contribution in [0.5, 0.6) is 0 Å². The van der Waals surface area contributed by atoms with E-state index in [9.17, 15) is 18.0 Å².